The molecule has 4 heteroatoms. The topological polar surface area (TPSA) is 0 Å². The van der Waals surface area contributed by atoms with Crippen molar-refractivity contribution in [1.29, 1.82) is 0 Å². The summed E-state index contributed by atoms with van der Waals surface area (Å²) < 4.78 is 2.43. The lowest BCUT2D eigenvalue weighted by atomic mass is 10.0. The molecule has 0 aliphatic rings. The third-order valence-electron chi connectivity index (χ3n) is 8.61. The van der Waals surface area contributed by atoms with Crippen molar-refractivity contribution in [3.63, 3.8) is 0 Å². The van der Waals surface area contributed by atoms with Crippen LogP contribution in [0.4, 0.5) is 0 Å². The molecule has 0 heterocycles. The van der Waals surface area contributed by atoms with Crippen LogP contribution < -0.4 is 34.0 Å². The fraction of sp³-hybridized carbons (Fsp3) is 1.00. The molecule has 0 saturated carbocycles. The molecule has 0 aromatic heterocycles. The first kappa shape index (κ1) is 42.3. The molecule has 0 fully saturated rings. The highest BCUT2D eigenvalue weighted by Crippen LogP contribution is 2.25. The van der Waals surface area contributed by atoms with Crippen LogP contribution in [0.2, 0.25) is 0 Å². The van der Waals surface area contributed by atoms with Crippen molar-refractivity contribution in [3.8, 4) is 0 Å². The van der Waals surface area contributed by atoms with E-state index in [2.05, 4.69) is 49.0 Å². The van der Waals surface area contributed by atoms with Crippen LogP contribution in [0.15, 0.2) is 0 Å². The van der Waals surface area contributed by atoms with Gasteiger partial charge in [-0.05, 0) is 32.1 Å². The molecule has 0 unspecified atom stereocenters. The van der Waals surface area contributed by atoms with E-state index in [0.29, 0.717) is 0 Å². The molecule has 0 amide bonds. The van der Waals surface area contributed by atoms with Gasteiger partial charge in [0.15, 0.2) is 0 Å². The van der Waals surface area contributed by atoms with Gasteiger partial charge < -0.3 is 34.0 Å². The number of nitrogens with zero attached hydrogens (tertiary/aromatic N) is 2. The van der Waals surface area contributed by atoms with Crippen LogP contribution in [0.3, 0.4) is 0 Å². The first-order valence-corrected chi connectivity index (χ1v) is 16.5. The summed E-state index contributed by atoms with van der Waals surface area (Å²) in [4.78, 5) is 0. The van der Waals surface area contributed by atoms with E-state index in [9.17, 15) is 0 Å². The fourth-order valence-corrected chi connectivity index (χ4v) is 6.26. The minimum Gasteiger partial charge on any atom is -1.00 e. The quantitative estimate of drug-likeness (QED) is 0.0695. The minimum atomic E-state index is 0. The lowest BCUT2D eigenvalue weighted by Crippen LogP contribution is -3.00. The number of quaternary nitrogens is 2. The maximum atomic E-state index is 2.55. The van der Waals surface area contributed by atoms with E-state index in [-0.39, 0.29) is 34.0 Å². The van der Waals surface area contributed by atoms with Crippen LogP contribution in [-0.2, 0) is 0 Å². The third kappa shape index (κ3) is 24.4. The molecular weight excluding hydrogens is 584 g/mol. The van der Waals surface area contributed by atoms with Crippen LogP contribution in [0, 0.1) is 0 Å². The summed E-state index contributed by atoms with van der Waals surface area (Å²) in [5.41, 5.74) is 0. The van der Waals surface area contributed by atoms with Crippen molar-refractivity contribution in [3.05, 3.63) is 0 Å². The van der Waals surface area contributed by atoms with Gasteiger partial charge in [0.25, 0.3) is 0 Å². The van der Waals surface area contributed by atoms with Gasteiger partial charge in [-0.3, -0.25) is 8.97 Å². The van der Waals surface area contributed by atoms with Crippen molar-refractivity contribution in [2.45, 2.75) is 175 Å². The molecule has 228 valence electrons. The van der Waals surface area contributed by atoms with Crippen molar-refractivity contribution < 1.29 is 42.9 Å². The number of unbranched alkanes of at least 4 members (excludes halogenated alkanes) is 19. The highest BCUT2D eigenvalue weighted by atomic mass is 79.9. The predicted molar refractivity (Wildman–Crippen MR) is 161 cm³/mol. The molecule has 0 radical (unpaired) electrons. The fourth-order valence-electron chi connectivity index (χ4n) is 6.26. The van der Waals surface area contributed by atoms with Gasteiger partial charge in [0, 0.05) is 0 Å². The van der Waals surface area contributed by atoms with Crippen molar-refractivity contribution in [1.82, 2.24) is 0 Å². The minimum absolute atomic E-state index is 0. The summed E-state index contributed by atoms with van der Waals surface area (Å²) in [5.74, 6) is 0. The molecule has 0 aliphatic heterocycles. The zero-order valence-corrected chi connectivity index (χ0v) is 30.1. The number of hydrogen-bond donors (Lipinski definition) is 0. The summed E-state index contributed by atoms with van der Waals surface area (Å²) >= 11 is 0. The highest BCUT2D eigenvalue weighted by Gasteiger charge is 2.40. The summed E-state index contributed by atoms with van der Waals surface area (Å²) in [6.07, 6.45) is 33.5. The summed E-state index contributed by atoms with van der Waals surface area (Å²) in [6, 6.07) is 0. The summed E-state index contributed by atoms with van der Waals surface area (Å²) in [7, 11) is 10.2. The van der Waals surface area contributed by atoms with E-state index in [4.69, 9.17) is 0 Å². The van der Waals surface area contributed by atoms with Crippen LogP contribution in [0.5, 0.6) is 0 Å². The second-order valence-corrected chi connectivity index (χ2v) is 13.0. The Morgan fingerprint density at radius 3 is 0.892 bits per heavy atom. The molecule has 0 aliphatic carbocycles. The molecule has 0 aromatic rings. The van der Waals surface area contributed by atoms with Crippen molar-refractivity contribution in [2.75, 3.05) is 41.3 Å². The lowest BCUT2D eigenvalue weighted by molar-refractivity contribution is -1.10. The van der Waals surface area contributed by atoms with Crippen LogP contribution in [0.25, 0.3) is 0 Å². The Kier molecular flexibility index (Phi) is 32.5. The Morgan fingerprint density at radius 2 is 0.595 bits per heavy atom. The van der Waals surface area contributed by atoms with Gasteiger partial charge in [-0.15, -0.1) is 0 Å². The Morgan fingerprint density at radius 1 is 0.351 bits per heavy atom. The Hall–Kier alpha value is 0.880. The first-order chi connectivity index (χ1) is 16.8. The number of hydrogen-bond acceptors (Lipinski definition) is 0. The van der Waals surface area contributed by atoms with Gasteiger partial charge in [0.2, 0.25) is 6.17 Å². The second-order valence-electron chi connectivity index (χ2n) is 13.0. The molecular formula is C33H72Br2N2. The van der Waals surface area contributed by atoms with Gasteiger partial charge in [0.05, 0.1) is 47.7 Å². The van der Waals surface area contributed by atoms with Gasteiger partial charge in [0.1, 0.15) is 0 Å². The molecule has 0 rings (SSSR count). The highest BCUT2D eigenvalue weighted by molar-refractivity contribution is 4.55. The normalized spacial score (nSPS) is 12.0. The molecule has 0 bridgehead atoms. The Bertz CT molecular complexity index is 412. The second kappa shape index (κ2) is 28.4. The van der Waals surface area contributed by atoms with Gasteiger partial charge >= 0.3 is 0 Å². The van der Waals surface area contributed by atoms with Crippen LogP contribution in [0.1, 0.15) is 168 Å². The maximum absolute atomic E-state index is 2.55. The molecule has 0 spiro atoms. The van der Waals surface area contributed by atoms with Crippen LogP contribution in [-0.4, -0.2) is 56.4 Å². The van der Waals surface area contributed by atoms with Gasteiger partial charge in [-0.2, -0.15) is 0 Å². The third-order valence-corrected chi connectivity index (χ3v) is 8.61. The van der Waals surface area contributed by atoms with E-state index in [1.165, 1.54) is 170 Å². The molecule has 0 saturated heterocycles. The molecule has 0 N–H and O–H groups in total. The smallest absolute Gasteiger partial charge is 0.215 e. The molecule has 2 nitrogen and oxygen atoms in total. The largest absolute Gasteiger partial charge is 1.00 e. The Labute approximate surface area is 257 Å². The maximum Gasteiger partial charge on any atom is 0.215 e. The Balaban J connectivity index is -0.00000578. The van der Waals surface area contributed by atoms with E-state index in [1.807, 2.05) is 0 Å². The number of halogens is 2. The van der Waals surface area contributed by atoms with E-state index in [1.54, 1.807) is 0 Å². The van der Waals surface area contributed by atoms with E-state index < -0.39 is 0 Å². The number of rotatable bonds is 27. The van der Waals surface area contributed by atoms with Gasteiger partial charge in [-0.1, -0.05) is 130 Å². The summed E-state index contributed by atoms with van der Waals surface area (Å²) in [5, 5.41) is 0. The molecule has 0 aromatic carbocycles. The van der Waals surface area contributed by atoms with Crippen molar-refractivity contribution >= 4 is 0 Å². The van der Waals surface area contributed by atoms with Crippen molar-refractivity contribution in [2.24, 2.45) is 0 Å². The molecule has 0 atom stereocenters. The standard InChI is InChI=1S/C33H72N2.2BrH/c1-8-11-14-17-20-21-22-23-24-27-30-33(34(4,5)31-28-25-18-15-12-9-2)35(6,7)32-29-26-19-16-13-10-3;;/h33H,8-32H2,1-7H3;2*1H/q+2;;/p-2. The van der Waals surface area contributed by atoms with Gasteiger partial charge in [-0.25, -0.2) is 0 Å². The zero-order chi connectivity index (χ0) is 26.3. The lowest BCUT2D eigenvalue weighted by Gasteiger charge is -2.47. The predicted octanol–water partition coefficient (Wildman–Crippen LogP) is 4.51. The molecule has 37 heavy (non-hydrogen) atoms. The van der Waals surface area contributed by atoms with Crippen LogP contribution >= 0.6 is 0 Å². The van der Waals surface area contributed by atoms with E-state index in [0.717, 1.165) is 6.17 Å². The zero-order valence-electron chi connectivity index (χ0n) is 26.9. The monoisotopic (exact) mass is 654 g/mol. The average molecular weight is 657 g/mol. The SMILES string of the molecule is CCCCCCCCCCCCC([N+](C)(C)CCCCCCCC)[N+](C)(C)CCCCCCCC.[Br-].[Br-]. The summed E-state index contributed by atoms with van der Waals surface area (Å²) in [6.45, 7) is 9.66. The first-order valence-electron chi connectivity index (χ1n) is 16.5. The average Bonchev–Trinajstić information content (AvgIpc) is 2.81. The van der Waals surface area contributed by atoms with E-state index >= 15 is 0 Å².